The van der Waals surface area contributed by atoms with Crippen molar-refractivity contribution in [2.75, 3.05) is 19.3 Å². The third-order valence-electron chi connectivity index (χ3n) is 2.02. The molecule has 1 N–H and O–H groups in total. The summed E-state index contributed by atoms with van der Waals surface area (Å²) in [4.78, 5) is 4.23. The van der Waals surface area contributed by atoms with Gasteiger partial charge in [-0.3, -0.25) is 4.99 Å². The molecule has 0 aliphatic carbocycles. The highest BCUT2D eigenvalue weighted by atomic mass is 31.0. The van der Waals surface area contributed by atoms with Crippen molar-refractivity contribution in [1.29, 1.82) is 0 Å². The zero-order valence-corrected chi connectivity index (χ0v) is 11.1. The largest absolute Gasteiger partial charge is 0.311 e. The summed E-state index contributed by atoms with van der Waals surface area (Å²) >= 11 is 0. The van der Waals surface area contributed by atoms with E-state index in [1.54, 1.807) is 0 Å². The van der Waals surface area contributed by atoms with Crippen molar-refractivity contribution in [3.8, 4) is 0 Å². The molecule has 1 aromatic rings. The van der Waals surface area contributed by atoms with E-state index < -0.39 is 0 Å². The minimum absolute atomic E-state index is 0.855. The standard InChI is InChI=1S/C11H18N2P2/c14-8-7-12-5-6-13-9-10-3-1-2-4-11(10)15/h1-4,7,13H,5-6,8-9,14-15H2/b12-7+. The van der Waals surface area contributed by atoms with Gasteiger partial charge in [-0.05, 0) is 17.0 Å². The summed E-state index contributed by atoms with van der Waals surface area (Å²) in [5.74, 6) is 0. The molecule has 2 atom stereocenters. The van der Waals surface area contributed by atoms with Crippen molar-refractivity contribution in [1.82, 2.24) is 5.32 Å². The minimum Gasteiger partial charge on any atom is -0.311 e. The summed E-state index contributed by atoms with van der Waals surface area (Å²) in [5.41, 5.74) is 1.33. The minimum atomic E-state index is 0.855. The Bertz CT molecular complexity index is 313. The number of nitrogens with zero attached hydrogens (tertiary/aromatic N) is 1. The maximum Gasteiger partial charge on any atom is 0.0510 e. The maximum absolute atomic E-state index is 4.23. The Labute approximate surface area is 96.4 Å². The molecule has 0 aliphatic heterocycles. The van der Waals surface area contributed by atoms with Gasteiger partial charge in [0.1, 0.15) is 0 Å². The predicted molar refractivity (Wildman–Crippen MR) is 75.4 cm³/mol. The summed E-state index contributed by atoms with van der Waals surface area (Å²) in [6.45, 7) is 2.70. The van der Waals surface area contributed by atoms with Gasteiger partial charge in [-0.2, -0.15) is 0 Å². The van der Waals surface area contributed by atoms with Crippen LogP contribution in [0.4, 0.5) is 0 Å². The van der Waals surface area contributed by atoms with E-state index in [1.807, 2.05) is 6.21 Å². The van der Waals surface area contributed by atoms with Gasteiger partial charge in [-0.15, -0.1) is 18.5 Å². The van der Waals surface area contributed by atoms with Crippen molar-refractivity contribution < 1.29 is 0 Å². The maximum atomic E-state index is 4.23. The first-order valence-corrected chi connectivity index (χ1v) is 6.46. The lowest BCUT2D eigenvalue weighted by molar-refractivity contribution is 0.698. The fourth-order valence-corrected chi connectivity index (χ4v) is 1.69. The van der Waals surface area contributed by atoms with Gasteiger partial charge in [-0.1, -0.05) is 24.3 Å². The first-order valence-electron chi connectivity index (χ1n) is 5.07. The zero-order chi connectivity index (χ0) is 10.9. The lowest BCUT2D eigenvalue weighted by atomic mass is 10.2. The summed E-state index contributed by atoms with van der Waals surface area (Å²) in [5, 5.41) is 4.63. The van der Waals surface area contributed by atoms with Crippen LogP contribution in [0.15, 0.2) is 29.3 Å². The normalized spacial score (nSPS) is 11.1. The van der Waals surface area contributed by atoms with Gasteiger partial charge >= 0.3 is 0 Å². The van der Waals surface area contributed by atoms with E-state index in [4.69, 9.17) is 0 Å². The van der Waals surface area contributed by atoms with Crippen LogP contribution < -0.4 is 10.6 Å². The topological polar surface area (TPSA) is 24.4 Å². The van der Waals surface area contributed by atoms with Crippen molar-refractivity contribution in [2.24, 2.45) is 4.99 Å². The van der Waals surface area contributed by atoms with Crippen LogP contribution in [0, 0.1) is 0 Å². The van der Waals surface area contributed by atoms with Crippen molar-refractivity contribution >= 4 is 30.0 Å². The van der Waals surface area contributed by atoms with Crippen molar-refractivity contribution in [2.45, 2.75) is 6.54 Å². The average Bonchev–Trinajstić information content (AvgIpc) is 2.25. The molecule has 0 heterocycles. The summed E-state index contributed by atoms with van der Waals surface area (Å²) in [6, 6.07) is 8.36. The molecule has 1 rings (SSSR count). The second kappa shape index (κ2) is 7.93. The predicted octanol–water partition coefficient (Wildman–Crippen LogP) is 1.22. The van der Waals surface area contributed by atoms with Crippen LogP contribution in [0.2, 0.25) is 0 Å². The lowest BCUT2D eigenvalue weighted by Crippen LogP contribution is -2.19. The highest BCUT2D eigenvalue weighted by Gasteiger charge is 1.94. The summed E-state index contributed by atoms with van der Waals surface area (Å²) < 4.78 is 0. The molecule has 15 heavy (non-hydrogen) atoms. The third kappa shape index (κ3) is 5.37. The molecule has 0 aliphatic rings. The molecule has 0 spiro atoms. The quantitative estimate of drug-likeness (QED) is 0.451. The van der Waals surface area contributed by atoms with Gasteiger partial charge in [0.05, 0.1) is 6.54 Å². The van der Waals surface area contributed by atoms with Crippen LogP contribution in [0.5, 0.6) is 0 Å². The number of rotatable bonds is 6. The average molecular weight is 240 g/mol. The lowest BCUT2D eigenvalue weighted by Gasteiger charge is -2.05. The van der Waals surface area contributed by atoms with Gasteiger partial charge in [0, 0.05) is 19.3 Å². The summed E-state index contributed by atoms with van der Waals surface area (Å²) in [7, 11) is 5.38. The molecule has 0 amide bonds. The Morgan fingerprint density at radius 3 is 2.87 bits per heavy atom. The fraction of sp³-hybridized carbons (Fsp3) is 0.364. The molecule has 0 radical (unpaired) electrons. The SMILES string of the molecule is PC/C=N/CCNCc1ccccc1P. The molecular weight excluding hydrogens is 222 g/mol. The van der Waals surface area contributed by atoms with Gasteiger partial charge in [0.15, 0.2) is 0 Å². The Balaban J connectivity index is 2.20. The van der Waals surface area contributed by atoms with E-state index in [1.165, 1.54) is 10.9 Å². The number of hydrogen-bond donors (Lipinski definition) is 1. The van der Waals surface area contributed by atoms with Crippen LogP contribution >= 0.6 is 18.5 Å². The van der Waals surface area contributed by atoms with Crippen LogP contribution in [0.25, 0.3) is 0 Å². The van der Waals surface area contributed by atoms with E-state index >= 15 is 0 Å². The molecule has 4 heteroatoms. The van der Waals surface area contributed by atoms with E-state index in [0.29, 0.717) is 0 Å². The van der Waals surface area contributed by atoms with Gasteiger partial charge in [0.2, 0.25) is 0 Å². The molecule has 2 unspecified atom stereocenters. The molecular formula is C11H18N2P2. The second-order valence-electron chi connectivity index (χ2n) is 3.20. The molecule has 2 nitrogen and oxygen atoms in total. The highest BCUT2D eigenvalue weighted by Crippen LogP contribution is 1.99. The Kier molecular flexibility index (Phi) is 6.76. The smallest absolute Gasteiger partial charge is 0.0510 e. The first kappa shape index (κ1) is 12.8. The third-order valence-corrected chi connectivity index (χ3v) is 2.80. The number of hydrogen-bond acceptors (Lipinski definition) is 2. The van der Waals surface area contributed by atoms with E-state index in [2.05, 4.69) is 53.1 Å². The molecule has 0 aromatic heterocycles. The Hall–Kier alpha value is -0.290. The van der Waals surface area contributed by atoms with Gasteiger partial charge in [0.25, 0.3) is 0 Å². The van der Waals surface area contributed by atoms with Gasteiger partial charge < -0.3 is 5.32 Å². The number of aliphatic imine (C=N–C) groups is 1. The van der Waals surface area contributed by atoms with E-state index in [9.17, 15) is 0 Å². The molecule has 0 bridgehead atoms. The van der Waals surface area contributed by atoms with Crippen LogP contribution in [0.1, 0.15) is 5.56 Å². The van der Waals surface area contributed by atoms with Crippen molar-refractivity contribution in [3.05, 3.63) is 29.8 Å². The summed E-state index contributed by atoms with van der Waals surface area (Å²) in [6.07, 6.45) is 2.87. The van der Waals surface area contributed by atoms with E-state index in [0.717, 1.165) is 25.8 Å². The Morgan fingerprint density at radius 2 is 2.13 bits per heavy atom. The molecule has 0 fully saturated rings. The van der Waals surface area contributed by atoms with Crippen LogP contribution in [0.3, 0.4) is 0 Å². The molecule has 1 aromatic carbocycles. The number of nitrogens with one attached hydrogen (secondary N) is 1. The Morgan fingerprint density at radius 1 is 1.33 bits per heavy atom. The van der Waals surface area contributed by atoms with Crippen LogP contribution in [-0.2, 0) is 6.54 Å². The molecule has 0 saturated heterocycles. The fourth-order valence-electron chi connectivity index (χ4n) is 1.23. The van der Waals surface area contributed by atoms with Crippen molar-refractivity contribution in [3.63, 3.8) is 0 Å². The second-order valence-corrected chi connectivity index (χ2v) is 4.29. The molecule has 0 saturated carbocycles. The highest BCUT2D eigenvalue weighted by molar-refractivity contribution is 7.27. The zero-order valence-electron chi connectivity index (χ0n) is 8.82. The number of benzene rings is 1. The van der Waals surface area contributed by atoms with Gasteiger partial charge in [-0.25, -0.2) is 0 Å². The first-order chi connectivity index (χ1) is 7.34. The van der Waals surface area contributed by atoms with E-state index in [-0.39, 0.29) is 0 Å². The van der Waals surface area contributed by atoms with Crippen LogP contribution in [-0.4, -0.2) is 25.5 Å². The molecule has 82 valence electrons. The monoisotopic (exact) mass is 240 g/mol.